The number of ether oxygens (including phenoxy) is 1. The molecule has 1 saturated heterocycles. The number of benzene rings is 3. The summed E-state index contributed by atoms with van der Waals surface area (Å²) in [7, 11) is 0. The molecule has 0 saturated carbocycles. The molecule has 1 unspecified atom stereocenters. The summed E-state index contributed by atoms with van der Waals surface area (Å²) in [5, 5.41) is 11.3. The summed E-state index contributed by atoms with van der Waals surface area (Å²) < 4.78 is 19.4. The second kappa shape index (κ2) is 8.72. The molecular formula is C27H22FN3O4. The van der Waals surface area contributed by atoms with Gasteiger partial charge in [0.25, 0.3) is 5.78 Å². The van der Waals surface area contributed by atoms with Crippen LogP contribution < -0.4 is 9.64 Å². The predicted molar refractivity (Wildman–Crippen MR) is 129 cm³/mol. The zero-order valence-corrected chi connectivity index (χ0v) is 19.0. The molecule has 0 spiro atoms. The summed E-state index contributed by atoms with van der Waals surface area (Å²) >= 11 is 0. The van der Waals surface area contributed by atoms with Gasteiger partial charge in [0.15, 0.2) is 0 Å². The van der Waals surface area contributed by atoms with Gasteiger partial charge in [0, 0.05) is 5.56 Å². The minimum atomic E-state index is -1.02. The Hall–Kier alpha value is -4.46. The van der Waals surface area contributed by atoms with Crippen LogP contribution in [0.25, 0.3) is 16.8 Å². The van der Waals surface area contributed by atoms with Crippen LogP contribution in [-0.4, -0.2) is 32.9 Å². The fraction of sp³-hybridized carbons (Fsp3) is 0.148. The Bertz CT molecular complexity index is 1440. The number of rotatable bonds is 5. The number of nitrogens with zero attached hydrogens (tertiary/aromatic N) is 2. The van der Waals surface area contributed by atoms with Gasteiger partial charge in [0.2, 0.25) is 5.95 Å². The van der Waals surface area contributed by atoms with Crippen LogP contribution in [0.3, 0.4) is 0 Å². The van der Waals surface area contributed by atoms with Crippen LogP contribution in [0.5, 0.6) is 5.75 Å². The minimum Gasteiger partial charge on any atom is -0.507 e. The molecule has 4 aromatic rings. The maximum atomic E-state index is 13.7. The molecule has 7 nitrogen and oxygen atoms in total. The summed E-state index contributed by atoms with van der Waals surface area (Å²) in [4.78, 5) is 35.3. The predicted octanol–water partition coefficient (Wildman–Crippen LogP) is 5.12. The smallest absolute Gasteiger partial charge is 0.302 e. The number of aromatic nitrogens is 2. The van der Waals surface area contributed by atoms with Crippen LogP contribution >= 0.6 is 0 Å². The highest BCUT2D eigenvalue weighted by molar-refractivity contribution is 6.51. The summed E-state index contributed by atoms with van der Waals surface area (Å²) in [6.07, 6.45) is -0.0923. The maximum Gasteiger partial charge on any atom is 0.302 e. The topological polar surface area (TPSA) is 95.5 Å². The second-order valence-electron chi connectivity index (χ2n) is 8.49. The first-order valence-electron chi connectivity index (χ1n) is 11.1. The highest BCUT2D eigenvalue weighted by Crippen LogP contribution is 2.42. The van der Waals surface area contributed by atoms with Crippen LogP contribution in [-0.2, 0) is 9.59 Å². The Morgan fingerprint density at radius 3 is 2.51 bits per heavy atom. The molecule has 1 fully saturated rings. The number of H-pyrrole nitrogens is 1. The lowest BCUT2D eigenvalue weighted by molar-refractivity contribution is -0.132. The number of anilines is 1. The van der Waals surface area contributed by atoms with Gasteiger partial charge in [0.1, 0.15) is 17.3 Å². The number of amides is 1. The van der Waals surface area contributed by atoms with E-state index in [9.17, 15) is 19.1 Å². The number of aliphatic hydroxyl groups is 1. The number of imidazole rings is 1. The second-order valence-corrected chi connectivity index (χ2v) is 8.49. The number of nitrogens with one attached hydrogen (secondary N) is 1. The molecule has 3 aromatic carbocycles. The number of carbonyl (C=O) groups is 2. The largest absolute Gasteiger partial charge is 0.507 e. The van der Waals surface area contributed by atoms with Crippen molar-refractivity contribution >= 4 is 34.4 Å². The highest BCUT2D eigenvalue weighted by atomic mass is 19.1. The number of carbonyl (C=O) groups excluding carboxylic acids is 2. The van der Waals surface area contributed by atoms with Crippen LogP contribution in [0.4, 0.5) is 10.3 Å². The lowest BCUT2D eigenvalue weighted by Crippen LogP contribution is -2.30. The van der Waals surface area contributed by atoms with Crippen molar-refractivity contribution < 1.29 is 23.8 Å². The summed E-state index contributed by atoms with van der Waals surface area (Å²) in [5.41, 5.74) is 1.94. The molecular weight excluding hydrogens is 449 g/mol. The fourth-order valence-electron chi connectivity index (χ4n) is 4.21. The van der Waals surface area contributed by atoms with E-state index in [-0.39, 0.29) is 23.4 Å². The first kappa shape index (κ1) is 22.3. The molecule has 5 rings (SSSR count). The molecule has 1 aliphatic heterocycles. The number of fused-ring (bicyclic) bond motifs is 1. The quantitative estimate of drug-likeness (QED) is 0.239. The van der Waals surface area contributed by atoms with E-state index in [0.717, 1.165) is 0 Å². The van der Waals surface area contributed by atoms with E-state index in [1.807, 2.05) is 26.0 Å². The molecule has 0 radical (unpaired) electrons. The molecule has 0 aliphatic carbocycles. The third-order valence-corrected chi connectivity index (χ3v) is 5.71. The molecule has 0 bridgehead atoms. The van der Waals surface area contributed by atoms with Gasteiger partial charge in [-0.25, -0.2) is 9.37 Å². The monoisotopic (exact) mass is 471 g/mol. The van der Waals surface area contributed by atoms with E-state index in [1.54, 1.807) is 36.4 Å². The van der Waals surface area contributed by atoms with Gasteiger partial charge >= 0.3 is 5.91 Å². The molecule has 2 N–H and O–H groups in total. The fourth-order valence-corrected chi connectivity index (χ4v) is 4.21. The molecule has 1 aliphatic rings. The number of hydrogen-bond donors (Lipinski definition) is 2. The zero-order chi connectivity index (χ0) is 24.7. The van der Waals surface area contributed by atoms with Crippen molar-refractivity contribution in [1.29, 1.82) is 0 Å². The van der Waals surface area contributed by atoms with Crippen LogP contribution in [0.15, 0.2) is 78.4 Å². The number of aliphatic hydroxyl groups excluding tert-OH is 1. The Labute approximate surface area is 200 Å². The number of aromatic amines is 1. The summed E-state index contributed by atoms with van der Waals surface area (Å²) in [6, 6.07) is 18.3. The van der Waals surface area contributed by atoms with E-state index in [1.165, 1.54) is 29.2 Å². The summed E-state index contributed by atoms with van der Waals surface area (Å²) in [5.74, 6) is -1.88. The lowest BCUT2D eigenvalue weighted by atomic mass is 9.95. The zero-order valence-electron chi connectivity index (χ0n) is 19.0. The molecule has 35 heavy (non-hydrogen) atoms. The normalized spacial score (nSPS) is 17.5. The standard InChI is InChI=1S/C27H22FN3O4/c1-15(2)35-19-7-5-6-17(14-19)24(32)22-23(16-10-12-18(28)13-11-16)31(26(34)25(22)33)27-29-20-8-3-4-9-21(20)30-27/h3-15,23,32H,1-2H3,(H,29,30)/b24-22+. The maximum absolute atomic E-state index is 13.7. The van der Waals surface area contributed by atoms with Gasteiger partial charge in [-0.05, 0) is 55.8 Å². The number of Topliss-reactive ketones (excluding diaryl/α,β-unsaturated/α-hetero) is 1. The van der Waals surface area contributed by atoms with E-state index >= 15 is 0 Å². The van der Waals surface area contributed by atoms with Gasteiger partial charge in [-0.1, -0.05) is 36.4 Å². The third-order valence-electron chi connectivity index (χ3n) is 5.71. The van der Waals surface area contributed by atoms with Gasteiger partial charge < -0.3 is 14.8 Å². The van der Waals surface area contributed by atoms with Crippen molar-refractivity contribution in [2.45, 2.75) is 26.0 Å². The number of halogens is 1. The van der Waals surface area contributed by atoms with Gasteiger partial charge in [-0.15, -0.1) is 0 Å². The molecule has 1 aromatic heterocycles. The summed E-state index contributed by atoms with van der Waals surface area (Å²) in [6.45, 7) is 3.75. The van der Waals surface area contributed by atoms with Gasteiger partial charge in [-0.2, -0.15) is 0 Å². The van der Waals surface area contributed by atoms with Crippen molar-refractivity contribution in [3.63, 3.8) is 0 Å². The van der Waals surface area contributed by atoms with Crippen LogP contribution in [0, 0.1) is 5.82 Å². The Kier molecular flexibility index (Phi) is 5.56. The Morgan fingerprint density at radius 2 is 1.80 bits per heavy atom. The van der Waals surface area contributed by atoms with Crippen molar-refractivity contribution in [3.8, 4) is 5.75 Å². The SMILES string of the molecule is CC(C)Oc1cccc(/C(O)=C2\C(=O)C(=O)N(c3nc4ccccc4[nH]3)C2c2ccc(F)cc2)c1. The van der Waals surface area contributed by atoms with Crippen molar-refractivity contribution in [2.75, 3.05) is 4.90 Å². The first-order valence-corrected chi connectivity index (χ1v) is 11.1. The van der Waals surface area contributed by atoms with Gasteiger partial charge in [0.05, 0.1) is 28.8 Å². The lowest BCUT2D eigenvalue weighted by Gasteiger charge is -2.23. The van der Waals surface area contributed by atoms with Crippen molar-refractivity contribution in [1.82, 2.24) is 9.97 Å². The van der Waals surface area contributed by atoms with Crippen molar-refractivity contribution in [2.24, 2.45) is 0 Å². The molecule has 176 valence electrons. The molecule has 8 heteroatoms. The van der Waals surface area contributed by atoms with Crippen LogP contribution in [0.1, 0.15) is 31.0 Å². The highest BCUT2D eigenvalue weighted by Gasteiger charge is 2.48. The third kappa shape index (κ3) is 4.03. The minimum absolute atomic E-state index is 0.0923. The van der Waals surface area contributed by atoms with E-state index in [0.29, 0.717) is 27.9 Å². The van der Waals surface area contributed by atoms with E-state index in [2.05, 4.69) is 9.97 Å². The first-order chi connectivity index (χ1) is 16.8. The number of hydrogen-bond acceptors (Lipinski definition) is 5. The average molecular weight is 471 g/mol. The molecule has 1 atom stereocenters. The Balaban J connectivity index is 1.69. The average Bonchev–Trinajstić information content (AvgIpc) is 3.37. The van der Waals surface area contributed by atoms with E-state index in [4.69, 9.17) is 4.74 Å². The van der Waals surface area contributed by atoms with Crippen molar-refractivity contribution in [3.05, 3.63) is 95.3 Å². The molecule has 2 heterocycles. The molecule has 1 amide bonds. The van der Waals surface area contributed by atoms with E-state index < -0.39 is 23.5 Å². The van der Waals surface area contributed by atoms with Crippen LogP contribution in [0.2, 0.25) is 0 Å². The number of ketones is 1. The number of para-hydroxylation sites is 2. The van der Waals surface area contributed by atoms with Gasteiger partial charge in [-0.3, -0.25) is 14.5 Å². The Morgan fingerprint density at radius 1 is 1.06 bits per heavy atom.